The zero-order valence-corrected chi connectivity index (χ0v) is 9.75. The van der Waals surface area contributed by atoms with Gasteiger partial charge in [0.2, 0.25) is 0 Å². The first-order valence-electron chi connectivity index (χ1n) is 4.82. The monoisotopic (exact) mass is 251 g/mol. The molecule has 0 saturated carbocycles. The van der Waals surface area contributed by atoms with Crippen molar-refractivity contribution < 1.29 is 4.79 Å². The molecule has 0 aromatic carbocycles. The first kappa shape index (κ1) is 11.4. The molecule has 17 heavy (non-hydrogen) atoms. The number of carbonyl (C=O) groups is 1. The maximum Gasteiger partial charge on any atom is 0.279 e. The molecule has 2 rings (SSSR count). The summed E-state index contributed by atoms with van der Waals surface area (Å²) in [7, 11) is 0. The number of aromatic nitrogens is 3. The number of nitrogens with one attached hydrogen (secondary N) is 2. The van der Waals surface area contributed by atoms with Gasteiger partial charge >= 0.3 is 0 Å². The third-order valence-electron chi connectivity index (χ3n) is 2.17. The Hall–Kier alpha value is -2.08. The largest absolute Gasteiger partial charge is 0.395 e. The van der Waals surface area contributed by atoms with Crippen LogP contribution in [0.2, 0.25) is 5.15 Å². The summed E-state index contributed by atoms with van der Waals surface area (Å²) < 4.78 is 0. The van der Waals surface area contributed by atoms with Crippen LogP contribution in [-0.4, -0.2) is 21.1 Å². The Morgan fingerprint density at radius 2 is 2.29 bits per heavy atom. The summed E-state index contributed by atoms with van der Waals surface area (Å²) in [5.74, 6) is -0.0795. The van der Waals surface area contributed by atoms with Crippen molar-refractivity contribution in [3.05, 3.63) is 34.7 Å². The number of H-pyrrole nitrogens is 1. The second-order valence-electron chi connectivity index (χ2n) is 3.41. The van der Waals surface area contributed by atoms with Crippen LogP contribution in [0, 0.1) is 6.92 Å². The van der Waals surface area contributed by atoms with E-state index in [9.17, 15) is 4.79 Å². The Morgan fingerprint density at radius 1 is 1.53 bits per heavy atom. The van der Waals surface area contributed by atoms with Crippen LogP contribution in [0.1, 0.15) is 16.2 Å². The number of halogens is 1. The molecule has 0 atom stereocenters. The van der Waals surface area contributed by atoms with Crippen molar-refractivity contribution in [2.45, 2.75) is 6.92 Å². The second-order valence-corrected chi connectivity index (χ2v) is 3.80. The third kappa shape index (κ3) is 2.36. The SMILES string of the molecule is Cc1[nH]nc(C(=O)Nc2cccc(Cl)n2)c1N. The number of hydrogen-bond donors (Lipinski definition) is 3. The number of pyridine rings is 1. The lowest BCUT2D eigenvalue weighted by Crippen LogP contribution is -2.15. The summed E-state index contributed by atoms with van der Waals surface area (Å²) in [5.41, 5.74) is 6.80. The lowest BCUT2D eigenvalue weighted by atomic mass is 10.3. The average Bonchev–Trinajstić information content (AvgIpc) is 2.60. The minimum absolute atomic E-state index is 0.143. The van der Waals surface area contributed by atoms with Crippen LogP contribution in [-0.2, 0) is 0 Å². The molecule has 0 fully saturated rings. The molecule has 0 radical (unpaired) electrons. The number of aryl methyl sites for hydroxylation is 1. The zero-order valence-electron chi connectivity index (χ0n) is 8.99. The normalized spacial score (nSPS) is 10.2. The second kappa shape index (κ2) is 4.42. The van der Waals surface area contributed by atoms with E-state index in [2.05, 4.69) is 20.5 Å². The van der Waals surface area contributed by atoms with Crippen LogP contribution in [0.3, 0.4) is 0 Å². The fourth-order valence-electron chi connectivity index (χ4n) is 1.26. The zero-order chi connectivity index (χ0) is 12.4. The first-order valence-corrected chi connectivity index (χ1v) is 5.20. The molecule has 0 bridgehead atoms. The van der Waals surface area contributed by atoms with Gasteiger partial charge < -0.3 is 11.1 Å². The lowest BCUT2D eigenvalue weighted by molar-refractivity contribution is 0.102. The number of amides is 1. The summed E-state index contributed by atoms with van der Waals surface area (Å²) in [6, 6.07) is 4.92. The summed E-state index contributed by atoms with van der Waals surface area (Å²) in [4.78, 5) is 15.7. The predicted octanol–water partition coefficient (Wildman–Crippen LogP) is 1.60. The van der Waals surface area contributed by atoms with Crippen LogP contribution in [0.4, 0.5) is 11.5 Å². The molecule has 4 N–H and O–H groups in total. The highest BCUT2D eigenvalue weighted by Crippen LogP contribution is 2.15. The van der Waals surface area contributed by atoms with Crippen LogP contribution >= 0.6 is 11.6 Å². The molecule has 0 unspecified atom stereocenters. The molecule has 0 aliphatic rings. The standard InChI is InChI=1S/C10H10ClN5O/c1-5-8(12)9(16-15-5)10(17)14-7-4-2-3-6(11)13-7/h2-4H,12H2,1H3,(H,15,16)(H,13,14,17). The molecule has 7 heteroatoms. The van der Waals surface area contributed by atoms with Crippen LogP contribution in [0.15, 0.2) is 18.2 Å². The van der Waals surface area contributed by atoms with Crippen molar-refractivity contribution in [1.82, 2.24) is 15.2 Å². The molecule has 0 spiro atoms. The summed E-state index contributed by atoms with van der Waals surface area (Å²) in [6.07, 6.45) is 0. The average molecular weight is 252 g/mol. The van der Waals surface area contributed by atoms with E-state index in [1.807, 2.05) is 0 Å². The number of aromatic amines is 1. The molecule has 6 nitrogen and oxygen atoms in total. The van der Waals surface area contributed by atoms with Crippen molar-refractivity contribution in [1.29, 1.82) is 0 Å². The third-order valence-corrected chi connectivity index (χ3v) is 2.38. The van der Waals surface area contributed by atoms with Gasteiger partial charge in [-0.1, -0.05) is 17.7 Å². The van der Waals surface area contributed by atoms with Crippen molar-refractivity contribution in [3.63, 3.8) is 0 Å². The van der Waals surface area contributed by atoms with Gasteiger partial charge in [-0.05, 0) is 19.1 Å². The Labute approximate surface area is 102 Å². The molecule has 1 amide bonds. The van der Waals surface area contributed by atoms with Crippen molar-refractivity contribution in [2.24, 2.45) is 0 Å². The van der Waals surface area contributed by atoms with E-state index in [-0.39, 0.29) is 5.69 Å². The quantitative estimate of drug-likeness (QED) is 0.706. The Morgan fingerprint density at radius 3 is 2.88 bits per heavy atom. The molecule has 88 valence electrons. The highest BCUT2D eigenvalue weighted by molar-refractivity contribution is 6.29. The number of rotatable bonds is 2. The van der Waals surface area contributed by atoms with E-state index in [4.69, 9.17) is 17.3 Å². The molecule has 2 aromatic heterocycles. The van der Waals surface area contributed by atoms with Gasteiger partial charge in [0.1, 0.15) is 11.0 Å². The van der Waals surface area contributed by atoms with Crippen molar-refractivity contribution >= 4 is 29.0 Å². The van der Waals surface area contributed by atoms with Crippen molar-refractivity contribution in [3.8, 4) is 0 Å². The van der Waals surface area contributed by atoms with Crippen LogP contribution in [0.5, 0.6) is 0 Å². The van der Waals surface area contributed by atoms with Gasteiger partial charge in [-0.25, -0.2) is 4.98 Å². The van der Waals surface area contributed by atoms with Gasteiger partial charge in [-0.2, -0.15) is 5.10 Å². The van der Waals surface area contributed by atoms with Crippen molar-refractivity contribution in [2.75, 3.05) is 11.1 Å². The van der Waals surface area contributed by atoms with Gasteiger partial charge in [-0.3, -0.25) is 9.89 Å². The van der Waals surface area contributed by atoms with E-state index in [0.29, 0.717) is 22.4 Å². The number of carbonyl (C=O) groups excluding carboxylic acids is 1. The highest BCUT2D eigenvalue weighted by atomic mass is 35.5. The summed E-state index contributed by atoms with van der Waals surface area (Å²) in [5, 5.41) is 9.30. The number of nitrogen functional groups attached to an aromatic ring is 1. The maximum atomic E-state index is 11.8. The smallest absolute Gasteiger partial charge is 0.279 e. The number of nitrogens with zero attached hydrogens (tertiary/aromatic N) is 2. The fraction of sp³-hybridized carbons (Fsp3) is 0.100. The fourth-order valence-corrected chi connectivity index (χ4v) is 1.43. The molecular weight excluding hydrogens is 242 g/mol. The van der Waals surface area contributed by atoms with Gasteiger partial charge in [0.05, 0.1) is 11.4 Å². The van der Waals surface area contributed by atoms with Gasteiger partial charge in [0.25, 0.3) is 5.91 Å². The maximum absolute atomic E-state index is 11.8. The van der Waals surface area contributed by atoms with E-state index >= 15 is 0 Å². The topological polar surface area (TPSA) is 96.7 Å². The minimum Gasteiger partial charge on any atom is -0.395 e. The summed E-state index contributed by atoms with van der Waals surface area (Å²) >= 11 is 5.70. The molecule has 2 aromatic rings. The van der Waals surface area contributed by atoms with E-state index in [1.165, 1.54) is 0 Å². The lowest BCUT2D eigenvalue weighted by Gasteiger charge is -2.02. The van der Waals surface area contributed by atoms with E-state index in [1.54, 1.807) is 25.1 Å². The number of hydrogen-bond acceptors (Lipinski definition) is 4. The Kier molecular flexibility index (Phi) is 2.97. The molecule has 0 aliphatic heterocycles. The number of anilines is 2. The van der Waals surface area contributed by atoms with E-state index in [0.717, 1.165) is 0 Å². The predicted molar refractivity (Wildman–Crippen MR) is 64.9 cm³/mol. The highest BCUT2D eigenvalue weighted by Gasteiger charge is 2.15. The van der Waals surface area contributed by atoms with Gasteiger partial charge in [-0.15, -0.1) is 0 Å². The van der Waals surface area contributed by atoms with Gasteiger partial charge in [0.15, 0.2) is 5.69 Å². The van der Waals surface area contributed by atoms with Crippen LogP contribution < -0.4 is 11.1 Å². The van der Waals surface area contributed by atoms with Crippen LogP contribution in [0.25, 0.3) is 0 Å². The molecule has 2 heterocycles. The number of nitrogens with two attached hydrogens (primary N) is 1. The minimum atomic E-state index is -0.429. The van der Waals surface area contributed by atoms with Gasteiger partial charge in [0, 0.05) is 0 Å². The first-order chi connectivity index (χ1) is 8.08. The van der Waals surface area contributed by atoms with E-state index < -0.39 is 5.91 Å². The Balaban J connectivity index is 2.20. The summed E-state index contributed by atoms with van der Waals surface area (Å²) in [6.45, 7) is 1.73. The molecule has 0 saturated heterocycles. The molecular formula is C10H10ClN5O. The molecule has 0 aliphatic carbocycles. The Bertz CT molecular complexity index is 566.